The van der Waals surface area contributed by atoms with Gasteiger partial charge in [0.15, 0.2) is 0 Å². The minimum absolute atomic E-state index is 0.249. The monoisotopic (exact) mass is 317 g/mol. The van der Waals surface area contributed by atoms with Gasteiger partial charge in [-0.1, -0.05) is 43.3 Å². The van der Waals surface area contributed by atoms with Crippen LogP contribution in [-0.2, 0) is 0 Å². The molecule has 3 heteroatoms. The summed E-state index contributed by atoms with van der Waals surface area (Å²) in [6, 6.07) is 17.5. The molecular formula is C21H23N3. The summed E-state index contributed by atoms with van der Waals surface area (Å²) >= 11 is 0. The average Bonchev–Trinajstić information content (AvgIpc) is 3.10. The highest BCUT2D eigenvalue weighted by Gasteiger charge is 2.39. The minimum atomic E-state index is 0.249. The molecule has 0 amide bonds. The number of para-hydroxylation sites is 2. The van der Waals surface area contributed by atoms with Gasteiger partial charge in [0, 0.05) is 35.2 Å². The summed E-state index contributed by atoms with van der Waals surface area (Å²) in [6.45, 7) is 6.64. The maximum atomic E-state index is 4.49. The lowest BCUT2D eigenvalue weighted by Gasteiger charge is -2.29. The van der Waals surface area contributed by atoms with Gasteiger partial charge in [-0.3, -0.25) is 4.99 Å². The van der Waals surface area contributed by atoms with Gasteiger partial charge in [0.25, 0.3) is 0 Å². The first-order chi connectivity index (χ1) is 11.6. The fourth-order valence-corrected chi connectivity index (χ4v) is 4.10. The Hall–Kier alpha value is -2.55. The number of hydrogen-bond acceptors (Lipinski definition) is 1. The van der Waals surface area contributed by atoms with Crippen LogP contribution < -0.4 is 4.90 Å². The maximum Gasteiger partial charge on any atom is 0.100 e. The Bertz CT molecular complexity index is 935. The molecule has 1 aliphatic heterocycles. The summed E-state index contributed by atoms with van der Waals surface area (Å²) in [5.41, 5.74) is 6.51. The van der Waals surface area contributed by atoms with E-state index in [1.54, 1.807) is 0 Å². The third kappa shape index (κ3) is 2.01. The molecule has 1 aromatic heterocycles. The number of aryl methyl sites for hydroxylation is 1. The molecule has 0 radical (unpaired) electrons. The molecule has 1 N–H and O–H groups in total. The van der Waals surface area contributed by atoms with Crippen LogP contribution in [0.5, 0.6) is 0 Å². The Kier molecular flexibility index (Phi) is 3.45. The van der Waals surface area contributed by atoms with Crippen LogP contribution in [0.1, 0.15) is 42.6 Å². The molecule has 1 aliphatic rings. The van der Waals surface area contributed by atoms with Gasteiger partial charge in [-0.2, -0.15) is 0 Å². The lowest BCUT2D eigenvalue weighted by atomic mass is 9.93. The van der Waals surface area contributed by atoms with Crippen molar-refractivity contribution < 1.29 is 0 Å². The van der Waals surface area contributed by atoms with Crippen molar-refractivity contribution in [3.63, 3.8) is 0 Å². The van der Waals surface area contributed by atoms with Gasteiger partial charge in [0.1, 0.15) is 5.84 Å². The number of anilines is 1. The fourth-order valence-electron chi connectivity index (χ4n) is 4.10. The average molecular weight is 317 g/mol. The molecule has 2 unspecified atom stereocenters. The molecule has 0 aliphatic carbocycles. The SMILES string of the molecule is CN=C(C)N1c2ccccc2C(C)C1c1[nH]c2ccccc2c1C. The van der Waals surface area contributed by atoms with Gasteiger partial charge in [0.05, 0.1) is 6.04 Å². The van der Waals surface area contributed by atoms with Gasteiger partial charge in [-0.15, -0.1) is 0 Å². The topological polar surface area (TPSA) is 31.4 Å². The van der Waals surface area contributed by atoms with E-state index < -0.39 is 0 Å². The molecule has 3 aromatic rings. The molecule has 2 heterocycles. The van der Waals surface area contributed by atoms with Crippen LogP contribution >= 0.6 is 0 Å². The second kappa shape index (κ2) is 5.52. The highest BCUT2D eigenvalue weighted by molar-refractivity contribution is 5.99. The van der Waals surface area contributed by atoms with E-state index in [4.69, 9.17) is 0 Å². The largest absolute Gasteiger partial charge is 0.356 e. The Morgan fingerprint density at radius 2 is 1.79 bits per heavy atom. The summed E-state index contributed by atoms with van der Waals surface area (Å²) in [5.74, 6) is 1.46. The zero-order valence-electron chi connectivity index (χ0n) is 14.7. The van der Waals surface area contributed by atoms with Gasteiger partial charge in [0.2, 0.25) is 0 Å². The third-order valence-corrected chi connectivity index (χ3v) is 5.41. The lowest BCUT2D eigenvalue weighted by molar-refractivity contribution is 0.618. The van der Waals surface area contributed by atoms with Crippen molar-refractivity contribution in [3.05, 3.63) is 65.4 Å². The van der Waals surface area contributed by atoms with Crippen LogP contribution in [0.25, 0.3) is 10.9 Å². The van der Waals surface area contributed by atoms with Gasteiger partial charge < -0.3 is 9.88 Å². The van der Waals surface area contributed by atoms with Crippen LogP contribution in [0.4, 0.5) is 5.69 Å². The van der Waals surface area contributed by atoms with Crippen LogP contribution in [0.15, 0.2) is 53.5 Å². The number of aliphatic imine (C=N–C) groups is 1. The van der Waals surface area contributed by atoms with Crippen molar-refractivity contribution in [2.24, 2.45) is 4.99 Å². The zero-order chi connectivity index (χ0) is 16.8. The van der Waals surface area contributed by atoms with Crippen molar-refractivity contribution in [1.82, 2.24) is 4.98 Å². The predicted molar refractivity (Wildman–Crippen MR) is 102 cm³/mol. The van der Waals surface area contributed by atoms with E-state index in [-0.39, 0.29) is 6.04 Å². The van der Waals surface area contributed by atoms with Gasteiger partial charge in [-0.25, -0.2) is 0 Å². The zero-order valence-corrected chi connectivity index (χ0v) is 14.7. The van der Waals surface area contributed by atoms with Crippen molar-refractivity contribution in [1.29, 1.82) is 0 Å². The summed E-state index contributed by atoms with van der Waals surface area (Å²) in [6.07, 6.45) is 0. The number of H-pyrrole nitrogens is 1. The highest BCUT2D eigenvalue weighted by Crippen LogP contribution is 2.49. The maximum absolute atomic E-state index is 4.49. The fraction of sp³-hybridized carbons (Fsp3) is 0.286. The van der Waals surface area contributed by atoms with E-state index in [1.807, 2.05) is 7.05 Å². The molecule has 24 heavy (non-hydrogen) atoms. The van der Waals surface area contributed by atoms with Crippen LogP contribution in [0.3, 0.4) is 0 Å². The molecule has 0 fully saturated rings. The number of nitrogens with zero attached hydrogens (tertiary/aromatic N) is 2. The van der Waals surface area contributed by atoms with E-state index in [0.717, 1.165) is 5.84 Å². The Morgan fingerprint density at radius 3 is 2.54 bits per heavy atom. The van der Waals surface area contributed by atoms with Crippen molar-refractivity contribution >= 4 is 22.4 Å². The quantitative estimate of drug-likeness (QED) is 0.486. The van der Waals surface area contributed by atoms with Crippen molar-refractivity contribution in [2.45, 2.75) is 32.7 Å². The number of fused-ring (bicyclic) bond motifs is 2. The third-order valence-electron chi connectivity index (χ3n) is 5.41. The predicted octanol–water partition coefficient (Wildman–Crippen LogP) is 5.19. The van der Waals surface area contributed by atoms with E-state index in [2.05, 4.69) is 84.2 Å². The Labute approximate surface area is 143 Å². The highest BCUT2D eigenvalue weighted by atomic mass is 15.2. The minimum Gasteiger partial charge on any atom is -0.356 e. The van der Waals surface area contributed by atoms with Crippen LogP contribution in [0.2, 0.25) is 0 Å². The lowest BCUT2D eigenvalue weighted by Crippen LogP contribution is -2.31. The van der Waals surface area contributed by atoms with E-state index in [1.165, 1.54) is 33.4 Å². The normalized spacial score (nSPS) is 20.7. The molecule has 0 saturated carbocycles. The van der Waals surface area contributed by atoms with E-state index in [9.17, 15) is 0 Å². The number of amidine groups is 1. The number of rotatable bonds is 1. The van der Waals surface area contributed by atoms with Crippen LogP contribution in [-0.4, -0.2) is 17.9 Å². The molecule has 2 atom stereocenters. The molecule has 0 saturated heterocycles. The number of aromatic amines is 1. The second-order valence-electron chi connectivity index (χ2n) is 6.64. The molecule has 122 valence electrons. The van der Waals surface area contributed by atoms with Gasteiger partial charge >= 0.3 is 0 Å². The summed E-state index contributed by atoms with van der Waals surface area (Å²) in [4.78, 5) is 10.6. The number of aromatic nitrogens is 1. The van der Waals surface area contributed by atoms with Crippen LogP contribution in [0, 0.1) is 6.92 Å². The molecule has 3 nitrogen and oxygen atoms in total. The van der Waals surface area contributed by atoms with E-state index >= 15 is 0 Å². The van der Waals surface area contributed by atoms with Crippen molar-refractivity contribution in [2.75, 3.05) is 11.9 Å². The van der Waals surface area contributed by atoms with E-state index in [0.29, 0.717) is 5.92 Å². The first kappa shape index (κ1) is 15.0. The Morgan fingerprint density at radius 1 is 1.08 bits per heavy atom. The first-order valence-electron chi connectivity index (χ1n) is 8.52. The summed E-state index contributed by atoms with van der Waals surface area (Å²) in [7, 11) is 1.87. The number of hydrogen-bond donors (Lipinski definition) is 1. The smallest absolute Gasteiger partial charge is 0.100 e. The molecule has 4 rings (SSSR count). The second-order valence-corrected chi connectivity index (χ2v) is 6.64. The Balaban J connectivity index is 1.94. The molecule has 2 aromatic carbocycles. The van der Waals surface area contributed by atoms with Gasteiger partial charge in [-0.05, 0) is 37.1 Å². The number of nitrogens with one attached hydrogen (secondary N) is 1. The standard InChI is InChI=1S/C21H23N3/c1-13-16-9-5-7-11-18(16)23-20(13)21-14(2)17-10-6-8-12-19(17)24(21)15(3)22-4/h5-12,14,21,23H,1-4H3. The number of benzene rings is 2. The van der Waals surface area contributed by atoms with Crippen molar-refractivity contribution in [3.8, 4) is 0 Å². The molecule has 0 bridgehead atoms. The summed E-state index contributed by atoms with van der Waals surface area (Å²) < 4.78 is 0. The first-order valence-corrected chi connectivity index (χ1v) is 8.52. The molecular weight excluding hydrogens is 294 g/mol. The molecule has 0 spiro atoms. The summed E-state index contributed by atoms with van der Waals surface area (Å²) in [5, 5.41) is 1.31.